The van der Waals surface area contributed by atoms with E-state index in [0.717, 1.165) is 16.3 Å². The van der Waals surface area contributed by atoms with Gasteiger partial charge in [0.25, 0.3) is 0 Å². The van der Waals surface area contributed by atoms with Crippen LogP contribution in [-0.2, 0) is 16.1 Å². The average Bonchev–Trinajstić information content (AvgIpc) is 3.14. The number of Topliss-reactive ketones (excluding diaryl/α,β-unsaturated/α-hetero) is 1. The highest BCUT2D eigenvalue weighted by molar-refractivity contribution is 8.00. The van der Waals surface area contributed by atoms with Crippen LogP contribution in [0.4, 0.5) is 24.8 Å². The maximum atomic E-state index is 13.3. The van der Waals surface area contributed by atoms with E-state index in [1.807, 2.05) is 0 Å². The third kappa shape index (κ3) is 6.72. The lowest BCUT2D eigenvalue weighted by Gasteiger charge is -2.28. The molecule has 2 aromatic rings. The zero-order chi connectivity index (χ0) is 25.1. The van der Waals surface area contributed by atoms with Crippen LogP contribution in [0.3, 0.4) is 0 Å². The molecule has 1 N–H and O–H groups in total. The van der Waals surface area contributed by atoms with E-state index in [2.05, 4.69) is 15.5 Å². The maximum Gasteiger partial charge on any atom is 0.406 e. The lowest BCUT2D eigenvalue weighted by atomic mass is 9.95. The predicted octanol–water partition coefficient (Wildman–Crippen LogP) is 4.03. The lowest BCUT2D eigenvalue weighted by Crippen LogP contribution is -2.38. The summed E-state index contributed by atoms with van der Waals surface area (Å²) in [6.45, 7) is 7.34. The number of benzene rings is 1. The average molecular weight is 500 g/mol. The van der Waals surface area contributed by atoms with Crippen LogP contribution in [0.2, 0.25) is 0 Å². The fourth-order valence-electron chi connectivity index (χ4n) is 3.17. The number of ketones is 1. The lowest BCUT2D eigenvalue weighted by molar-refractivity contribution is -0.141. The van der Waals surface area contributed by atoms with Crippen molar-refractivity contribution in [2.24, 2.45) is 5.41 Å². The monoisotopic (exact) mass is 499 g/mol. The normalized spacial score (nSPS) is 15.8. The summed E-state index contributed by atoms with van der Waals surface area (Å²) in [5, 5.41) is 10.0. The molecule has 8 nitrogen and oxygen atoms in total. The highest BCUT2D eigenvalue weighted by Gasteiger charge is 2.33. The number of rotatable bonds is 7. The van der Waals surface area contributed by atoms with Gasteiger partial charge in [-0.3, -0.25) is 14.2 Å². The Morgan fingerprint density at radius 3 is 2.29 bits per heavy atom. The third-order valence-electron chi connectivity index (χ3n) is 5.09. The molecule has 1 saturated heterocycles. The molecule has 1 aromatic carbocycles. The van der Waals surface area contributed by atoms with Gasteiger partial charge in [-0.05, 0) is 31.2 Å². The first kappa shape index (κ1) is 26.0. The standard InChI is InChI=1S/C22H28F3N5O3S/c1-14(17(31)15-5-7-16(8-6-15)26-18(32)21(2,3)4)34-20-28-27-19(29-9-11-33-12-10-29)30(20)13-22(23,24)25/h5-8,14H,9-13H2,1-4H3,(H,26,32). The third-order valence-corrected chi connectivity index (χ3v) is 6.17. The van der Waals surface area contributed by atoms with E-state index < -0.39 is 23.4 Å². The topological polar surface area (TPSA) is 89.3 Å². The number of carbonyl (C=O) groups excluding carboxylic acids is 2. The molecule has 2 heterocycles. The second-order valence-electron chi connectivity index (χ2n) is 8.99. The van der Waals surface area contributed by atoms with Gasteiger partial charge in [-0.25, -0.2) is 0 Å². The van der Waals surface area contributed by atoms with E-state index in [1.54, 1.807) is 56.9 Å². The molecule has 1 fully saturated rings. The smallest absolute Gasteiger partial charge is 0.378 e. The minimum absolute atomic E-state index is 0.0220. The zero-order valence-electron chi connectivity index (χ0n) is 19.5. The van der Waals surface area contributed by atoms with Crippen molar-refractivity contribution in [1.82, 2.24) is 14.8 Å². The van der Waals surface area contributed by atoms with Crippen molar-refractivity contribution in [3.63, 3.8) is 0 Å². The van der Waals surface area contributed by atoms with Crippen LogP contribution in [0.5, 0.6) is 0 Å². The fraction of sp³-hybridized carbons (Fsp3) is 0.545. The number of amides is 1. The molecule has 12 heteroatoms. The van der Waals surface area contributed by atoms with Crippen LogP contribution in [0.1, 0.15) is 38.1 Å². The van der Waals surface area contributed by atoms with Crippen molar-refractivity contribution >= 4 is 35.1 Å². The Kier molecular flexibility index (Phi) is 7.91. The number of hydrogen-bond donors (Lipinski definition) is 1. The molecule has 0 aliphatic carbocycles. The number of nitrogens with one attached hydrogen (secondary N) is 1. The number of ether oxygens (including phenoxy) is 1. The maximum absolute atomic E-state index is 13.3. The van der Waals surface area contributed by atoms with Crippen molar-refractivity contribution in [3.8, 4) is 0 Å². The van der Waals surface area contributed by atoms with Gasteiger partial charge in [-0.1, -0.05) is 32.5 Å². The summed E-state index contributed by atoms with van der Waals surface area (Å²) in [6.07, 6.45) is -4.47. The first-order chi connectivity index (χ1) is 15.8. The number of carbonyl (C=O) groups is 2. The Hall–Kier alpha value is -2.60. The van der Waals surface area contributed by atoms with E-state index in [-0.39, 0.29) is 22.8 Å². The van der Waals surface area contributed by atoms with Crippen molar-refractivity contribution in [1.29, 1.82) is 0 Å². The molecule has 3 rings (SSSR count). The Labute approximate surface area is 200 Å². The van der Waals surface area contributed by atoms with E-state index in [0.29, 0.717) is 37.6 Å². The van der Waals surface area contributed by atoms with Crippen molar-refractivity contribution in [2.75, 3.05) is 36.5 Å². The number of alkyl halides is 3. The summed E-state index contributed by atoms with van der Waals surface area (Å²) in [7, 11) is 0. The molecule has 1 aromatic heterocycles. The largest absolute Gasteiger partial charge is 0.406 e. The van der Waals surface area contributed by atoms with Crippen LogP contribution in [0.25, 0.3) is 0 Å². The summed E-state index contributed by atoms with van der Waals surface area (Å²) < 4.78 is 46.1. The van der Waals surface area contributed by atoms with Gasteiger partial charge < -0.3 is 15.0 Å². The molecule has 34 heavy (non-hydrogen) atoms. The molecular weight excluding hydrogens is 471 g/mol. The van der Waals surface area contributed by atoms with E-state index in [9.17, 15) is 22.8 Å². The SMILES string of the molecule is CC(Sc1nnc(N2CCOCC2)n1CC(F)(F)F)C(=O)c1ccc(NC(=O)C(C)(C)C)cc1. The van der Waals surface area contributed by atoms with Gasteiger partial charge in [0.15, 0.2) is 10.9 Å². The number of halogens is 3. The summed E-state index contributed by atoms with van der Waals surface area (Å²) in [5.74, 6) is -0.314. The minimum Gasteiger partial charge on any atom is -0.378 e. The van der Waals surface area contributed by atoms with Crippen LogP contribution in [0, 0.1) is 5.41 Å². The highest BCUT2D eigenvalue weighted by Crippen LogP contribution is 2.31. The summed E-state index contributed by atoms with van der Waals surface area (Å²) in [5.41, 5.74) is 0.368. The van der Waals surface area contributed by atoms with E-state index >= 15 is 0 Å². The van der Waals surface area contributed by atoms with Gasteiger partial charge in [0.1, 0.15) is 6.54 Å². The summed E-state index contributed by atoms with van der Waals surface area (Å²) in [6, 6.07) is 6.41. The molecule has 0 bridgehead atoms. The number of aromatic nitrogens is 3. The van der Waals surface area contributed by atoms with Gasteiger partial charge in [0, 0.05) is 29.8 Å². The van der Waals surface area contributed by atoms with Gasteiger partial charge in [0.2, 0.25) is 11.9 Å². The molecule has 186 valence electrons. The van der Waals surface area contributed by atoms with Gasteiger partial charge in [-0.2, -0.15) is 13.2 Å². The first-order valence-electron chi connectivity index (χ1n) is 10.8. The summed E-state index contributed by atoms with van der Waals surface area (Å²) >= 11 is 0.929. The van der Waals surface area contributed by atoms with Gasteiger partial charge in [0.05, 0.1) is 18.5 Å². The summed E-state index contributed by atoms with van der Waals surface area (Å²) in [4.78, 5) is 26.8. The molecule has 0 saturated carbocycles. The minimum atomic E-state index is -4.47. The number of anilines is 2. The van der Waals surface area contributed by atoms with E-state index in [1.165, 1.54) is 0 Å². The van der Waals surface area contributed by atoms with Crippen molar-refractivity contribution in [2.45, 2.75) is 50.8 Å². The molecule has 1 atom stereocenters. The Bertz CT molecular complexity index is 1010. The Morgan fingerprint density at radius 1 is 1.12 bits per heavy atom. The van der Waals surface area contributed by atoms with Crippen molar-refractivity contribution < 1.29 is 27.5 Å². The van der Waals surface area contributed by atoms with E-state index in [4.69, 9.17) is 4.74 Å². The molecule has 0 spiro atoms. The van der Waals surface area contributed by atoms with Crippen LogP contribution in [-0.4, -0.2) is 64.2 Å². The van der Waals surface area contributed by atoms with Gasteiger partial charge >= 0.3 is 6.18 Å². The predicted molar refractivity (Wildman–Crippen MR) is 123 cm³/mol. The number of thioether (sulfide) groups is 1. The highest BCUT2D eigenvalue weighted by atomic mass is 32.2. The van der Waals surface area contributed by atoms with Gasteiger partial charge in [-0.15, -0.1) is 10.2 Å². The quantitative estimate of drug-likeness (QED) is 0.455. The molecule has 1 amide bonds. The second kappa shape index (κ2) is 10.3. The van der Waals surface area contributed by atoms with Crippen LogP contribution < -0.4 is 10.2 Å². The Morgan fingerprint density at radius 2 is 1.74 bits per heavy atom. The number of morpholine rings is 1. The molecule has 1 aliphatic heterocycles. The number of nitrogens with zero attached hydrogens (tertiary/aromatic N) is 4. The fourth-order valence-corrected chi connectivity index (χ4v) is 4.09. The Balaban J connectivity index is 1.74. The zero-order valence-corrected chi connectivity index (χ0v) is 20.3. The molecule has 0 radical (unpaired) electrons. The molecule has 1 unspecified atom stereocenters. The molecular formula is C22H28F3N5O3S. The van der Waals surface area contributed by atoms with Crippen LogP contribution in [0.15, 0.2) is 29.4 Å². The molecule has 1 aliphatic rings. The first-order valence-corrected chi connectivity index (χ1v) is 11.7. The van der Waals surface area contributed by atoms with Crippen LogP contribution >= 0.6 is 11.8 Å². The number of hydrogen-bond acceptors (Lipinski definition) is 7. The van der Waals surface area contributed by atoms with Crippen molar-refractivity contribution in [3.05, 3.63) is 29.8 Å². The second-order valence-corrected chi connectivity index (χ2v) is 10.3.